The van der Waals surface area contributed by atoms with E-state index in [4.69, 9.17) is 0 Å². The second-order valence-electron chi connectivity index (χ2n) is 11.7. The number of nitrogens with zero attached hydrogens (tertiary/aromatic N) is 1. The zero-order valence-electron chi connectivity index (χ0n) is 24.7. The topological polar surface area (TPSA) is 3.24 Å². The smallest absolute Gasteiger partial charge is 0.0546 e. The molecule has 0 fully saturated rings. The summed E-state index contributed by atoms with van der Waals surface area (Å²) in [6.45, 7) is 0. The molecule has 9 rings (SSSR count). The number of anilines is 3. The maximum Gasteiger partial charge on any atom is 0.0546 e. The van der Waals surface area contributed by atoms with Gasteiger partial charge in [0.25, 0.3) is 0 Å². The predicted molar refractivity (Wildman–Crippen MR) is 194 cm³/mol. The Labute approximate surface area is 262 Å². The SMILES string of the molecule is c1ccc(N(c2ccc3ccccc3c2)c2cc3cc(-c4cccc5ccccc45)c4ccccc4c3c3ccccc23)cc1. The fourth-order valence-corrected chi connectivity index (χ4v) is 7.15. The summed E-state index contributed by atoms with van der Waals surface area (Å²) in [7, 11) is 0. The van der Waals surface area contributed by atoms with E-state index >= 15 is 0 Å². The maximum atomic E-state index is 2.42. The lowest BCUT2D eigenvalue weighted by Crippen LogP contribution is -2.10. The highest BCUT2D eigenvalue weighted by Gasteiger charge is 2.20. The van der Waals surface area contributed by atoms with E-state index in [2.05, 4.69) is 181 Å². The molecule has 0 amide bonds. The molecule has 0 atom stereocenters. The number of rotatable bonds is 4. The van der Waals surface area contributed by atoms with Gasteiger partial charge in [0.05, 0.1) is 5.69 Å². The minimum absolute atomic E-state index is 1.13. The third-order valence-electron chi connectivity index (χ3n) is 9.17. The molecular formula is C44H29N. The molecule has 0 N–H and O–H groups in total. The van der Waals surface area contributed by atoms with Crippen molar-refractivity contribution in [1.82, 2.24) is 0 Å². The van der Waals surface area contributed by atoms with Crippen molar-refractivity contribution >= 4 is 70.9 Å². The third kappa shape index (κ3) is 4.17. The molecule has 1 nitrogen and oxygen atoms in total. The van der Waals surface area contributed by atoms with Crippen molar-refractivity contribution in [3.63, 3.8) is 0 Å². The van der Waals surface area contributed by atoms with Crippen LogP contribution >= 0.6 is 0 Å². The van der Waals surface area contributed by atoms with E-state index in [0.29, 0.717) is 0 Å². The first-order chi connectivity index (χ1) is 22.3. The Morgan fingerprint density at radius 3 is 1.69 bits per heavy atom. The van der Waals surface area contributed by atoms with Crippen molar-refractivity contribution in [2.75, 3.05) is 4.90 Å². The molecule has 0 aromatic heterocycles. The van der Waals surface area contributed by atoms with Gasteiger partial charge in [-0.15, -0.1) is 0 Å². The Morgan fingerprint density at radius 2 is 0.889 bits per heavy atom. The van der Waals surface area contributed by atoms with Crippen LogP contribution in [0.15, 0.2) is 176 Å². The highest BCUT2D eigenvalue weighted by Crippen LogP contribution is 2.46. The summed E-state index contributed by atoms with van der Waals surface area (Å²) in [6.07, 6.45) is 0. The largest absolute Gasteiger partial charge is 0.310 e. The van der Waals surface area contributed by atoms with E-state index in [1.54, 1.807) is 0 Å². The van der Waals surface area contributed by atoms with Crippen molar-refractivity contribution in [2.45, 2.75) is 0 Å². The molecule has 9 aromatic rings. The van der Waals surface area contributed by atoms with E-state index < -0.39 is 0 Å². The zero-order chi connectivity index (χ0) is 29.7. The molecule has 0 heterocycles. The van der Waals surface area contributed by atoms with Crippen molar-refractivity contribution in [3.05, 3.63) is 176 Å². The Hall–Kier alpha value is -5.92. The van der Waals surface area contributed by atoms with Gasteiger partial charge in [0.15, 0.2) is 0 Å². The molecule has 0 radical (unpaired) electrons. The highest BCUT2D eigenvalue weighted by molar-refractivity contribution is 6.26. The molecule has 0 spiro atoms. The average Bonchev–Trinajstić information content (AvgIpc) is 3.11. The van der Waals surface area contributed by atoms with Gasteiger partial charge in [0.1, 0.15) is 0 Å². The summed E-state index contributed by atoms with van der Waals surface area (Å²) in [4.78, 5) is 2.42. The molecule has 210 valence electrons. The van der Waals surface area contributed by atoms with Crippen LogP contribution in [-0.4, -0.2) is 0 Å². The lowest BCUT2D eigenvalue weighted by Gasteiger charge is -2.28. The first-order valence-corrected chi connectivity index (χ1v) is 15.5. The second kappa shape index (κ2) is 10.4. The van der Waals surface area contributed by atoms with Gasteiger partial charge in [-0.3, -0.25) is 0 Å². The molecule has 0 unspecified atom stereocenters. The van der Waals surface area contributed by atoms with Gasteiger partial charge in [0, 0.05) is 16.8 Å². The monoisotopic (exact) mass is 571 g/mol. The third-order valence-corrected chi connectivity index (χ3v) is 9.17. The fraction of sp³-hybridized carbons (Fsp3) is 0. The van der Waals surface area contributed by atoms with E-state index in [1.165, 1.54) is 70.7 Å². The number of fused-ring (bicyclic) bond motifs is 7. The fourth-order valence-electron chi connectivity index (χ4n) is 7.15. The Kier molecular flexibility index (Phi) is 5.89. The molecule has 0 bridgehead atoms. The summed E-state index contributed by atoms with van der Waals surface area (Å²) in [5, 5.41) is 12.5. The molecule has 0 aliphatic carbocycles. The Balaban J connectivity index is 1.40. The molecule has 0 aliphatic heterocycles. The lowest BCUT2D eigenvalue weighted by molar-refractivity contribution is 1.31. The van der Waals surface area contributed by atoms with Crippen LogP contribution in [0.2, 0.25) is 0 Å². The average molecular weight is 572 g/mol. The van der Waals surface area contributed by atoms with Gasteiger partial charge < -0.3 is 4.90 Å². The van der Waals surface area contributed by atoms with Gasteiger partial charge in [-0.05, 0) is 96.0 Å². The normalized spacial score (nSPS) is 11.6. The van der Waals surface area contributed by atoms with E-state index in [-0.39, 0.29) is 0 Å². The molecule has 9 aromatic carbocycles. The molecule has 0 saturated heterocycles. The first-order valence-electron chi connectivity index (χ1n) is 15.5. The van der Waals surface area contributed by atoms with Crippen LogP contribution in [0, 0.1) is 0 Å². The van der Waals surface area contributed by atoms with Crippen LogP contribution in [0.3, 0.4) is 0 Å². The number of hydrogen-bond acceptors (Lipinski definition) is 1. The van der Waals surface area contributed by atoms with E-state index in [0.717, 1.165) is 11.4 Å². The number of benzene rings is 9. The summed E-state index contributed by atoms with van der Waals surface area (Å²) < 4.78 is 0. The lowest BCUT2D eigenvalue weighted by atomic mass is 9.88. The molecule has 0 saturated carbocycles. The molecular weight excluding hydrogens is 542 g/mol. The minimum atomic E-state index is 1.13. The standard InChI is InChI=1S/C44H29N/c1-2-17-34(18-3-1)45(35-26-25-30-13-4-5-15-32(30)27-35)43-29-33-28-42(37-24-12-16-31-14-6-7-19-36(31)37)38-20-8-10-22-40(38)44(33)41-23-11-9-21-39(41)43/h1-29H. The molecule has 0 aliphatic rings. The summed E-state index contributed by atoms with van der Waals surface area (Å²) >= 11 is 0. The van der Waals surface area contributed by atoms with Gasteiger partial charge in [-0.25, -0.2) is 0 Å². The molecule has 45 heavy (non-hydrogen) atoms. The minimum Gasteiger partial charge on any atom is -0.310 e. The van der Waals surface area contributed by atoms with Gasteiger partial charge in [-0.2, -0.15) is 0 Å². The molecule has 1 heteroatoms. The van der Waals surface area contributed by atoms with Crippen molar-refractivity contribution in [2.24, 2.45) is 0 Å². The van der Waals surface area contributed by atoms with Gasteiger partial charge in [-0.1, -0.05) is 140 Å². The summed E-state index contributed by atoms with van der Waals surface area (Å²) in [6, 6.07) is 64.1. The second-order valence-corrected chi connectivity index (χ2v) is 11.7. The van der Waals surface area contributed by atoms with Gasteiger partial charge in [0.2, 0.25) is 0 Å². The van der Waals surface area contributed by atoms with Crippen LogP contribution in [0.4, 0.5) is 17.1 Å². The maximum absolute atomic E-state index is 2.42. The van der Waals surface area contributed by atoms with Crippen LogP contribution in [-0.2, 0) is 0 Å². The summed E-state index contributed by atoms with van der Waals surface area (Å²) in [5.74, 6) is 0. The van der Waals surface area contributed by atoms with E-state index in [1.807, 2.05) is 0 Å². The van der Waals surface area contributed by atoms with E-state index in [9.17, 15) is 0 Å². The van der Waals surface area contributed by atoms with Gasteiger partial charge >= 0.3 is 0 Å². The zero-order valence-corrected chi connectivity index (χ0v) is 24.7. The van der Waals surface area contributed by atoms with Crippen LogP contribution in [0.25, 0.3) is 65.0 Å². The first kappa shape index (κ1) is 25.6. The number of hydrogen-bond donors (Lipinski definition) is 0. The quantitative estimate of drug-likeness (QED) is 0.190. The van der Waals surface area contributed by atoms with Crippen LogP contribution in [0.1, 0.15) is 0 Å². The predicted octanol–water partition coefficient (Wildman–Crippen LogP) is 12.6. The van der Waals surface area contributed by atoms with Crippen LogP contribution < -0.4 is 4.90 Å². The Morgan fingerprint density at radius 1 is 0.289 bits per heavy atom. The van der Waals surface area contributed by atoms with Crippen LogP contribution in [0.5, 0.6) is 0 Å². The summed E-state index contributed by atoms with van der Waals surface area (Å²) in [5.41, 5.74) is 5.95. The van der Waals surface area contributed by atoms with Crippen molar-refractivity contribution < 1.29 is 0 Å². The van der Waals surface area contributed by atoms with Crippen molar-refractivity contribution in [1.29, 1.82) is 0 Å². The van der Waals surface area contributed by atoms with Crippen molar-refractivity contribution in [3.8, 4) is 11.1 Å². The highest BCUT2D eigenvalue weighted by atomic mass is 15.1. The number of para-hydroxylation sites is 1. The Bertz CT molecular complexity index is 2540.